The number of carbonyl (C=O) groups excluding carboxylic acids is 1. The Kier molecular flexibility index (Phi) is 4.57. The first kappa shape index (κ1) is 15.7. The second-order valence-corrected chi connectivity index (χ2v) is 5.71. The molecule has 3 aromatic rings. The van der Waals surface area contributed by atoms with Gasteiger partial charge < -0.3 is 5.73 Å². The van der Waals surface area contributed by atoms with Crippen molar-refractivity contribution in [2.24, 2.45) is 5.73 Å². The summed E-state index contributed by atoms with van der Waals surface area (Å²) in [5, 5.41) is 11.9. The molecule has 0 spiro atoms. The highest BCUT2D eigenvalue weighted by Gasteiger charge is 2.23. The third kappa shape index (κ3) is 3.43. The van der Waals surface area contributed by atoms with Gasteiger partial charge in [0.05, 0.1) is 5.92 Å². The normalized spacial score (nSPS) is 11.8. The third-order valence-corrected chi connectivity index (χ3v) is 4.06. The molecule has 0 heterocycles. The Balaban J connectivity index is 2.05. The van der Waals surface area contributed by atoms with E-state index in [0.717, 1.165) is 21.9 Å². The summed E-state index contributed by atoms with van der Waals surface area (Å²) in [5.74, 6) is -1.01. The van der Waals surface area contributed by atoms with Gasteiger partial charge in [-0.1, -0.05) is 72.8 Å². The number of carbonyl (C=O) groups is 1. The molecule has 4 heteroatoms. The van der Waals surface area contributed by atoms with E-state index in [1.165, 1.54) is 0 Å². The molecule has 0 saturated carbocycles. The van der Waals surface area contributed by atoms with Crippen LogP contribution in [0.5, 0.6) is 0 Å². The van der Waals surface area contributed by atoms with Crippen LogP contribution in [-0.4, -0.2) is 11.9 Å². The molecule has 3 rings (SSSR count). The summed E-state index contributed by atoms with van der Waals surface area (Å²) in [7, 11) is 0. The van der Waals surface area contributed by atoms with Crippen LogP contribution in [0.25, 0.3) is 10.8 Å². The first-order valence-corrected chi connectivity index (χ1v) is 7.81. The minimum absolute atomic E-state index is 0.261. The van der Waals surface area contributed by atoms with E-state index in [9.17, 15) is 4.79 Å². The number of benzene rings is 3. The molecule has 0 saturated heterocycles. The van der Waals surface area contributed by atoms with E-state index >= 15 is 0 Å². The van der Waals surface area contributed by atoms with Crippen molar-refractivity contribution in [2.75, 3.05) is 0 Å². The lowest BCUT2D eigenvalue weighted by Crippen LogP contribution is -2.39. The van der Waals surface area contributed by atoms with Crippen molar-refractivity contribution in [3.63, 3.8) is 0 Å². The molecule has 0 radical (unpaired) electrons. The predicted molar refractivity (Wildman–Crippen MR) is 96.9 cm³/mol. The van der Waals surface area contributed by atoms with Crippen LogP contribution in [0.1, 0.15) is 17.0 Å². The summed E-state index contributed by atoms with van der Waals surface area (Å²) in [5.41, 5.74) is 7.37. The van der Waals surface area contributed by atoms with Gasteiger partial charge in [0, 0.05) is 0 Å². The van der Waals surface area contributed by atoms with Crippen LogP contribution in [0.3, 0.4) is 0 Å². The highest BCUT2D eigenvalue weighted by molar-refractivity contribution is 6.00. The fourth-order valence-electron chi connectivity index (χ4n) is 2.97. The van der Waals surface area contributed by atoms with Gasteiger partial charge in [0.2, 0.25) is 5.91 Å². The molecule has 1 unspecified atom stereocenters. The molecule has 1 atom stereocenters. The van der Waals surface area contributed by atoms with Gasteiger partial charge in [0.1, 0.15) is 0 Å². The zero-order chi connectivity index (χ0) is 16.9. The van der Waals surface area contributed by atoms with Gasteiger partial charge in [-0.2, -0.15) is 0 Å². The monoisotopic (exact) mass is 317 g/mol. The van der Waals surface area contributed by atoms with Gasteiger partial charge in [0.25, 0.3) is 0 Å². The summed E-state index contributed by atoms with van der Waals surface area (Å²) in [6.45, 7) is 0. The maximum absolute atomic E-state index is 12.7. The Bertz CT molecular complexity index is 869. The lowest BCUT2D eigenvalue weighted by Gasteiger charge is -2.19. The Morgan fingerprint density at radius 2 is 1.62 bits per heavy atom. The summed E-state index contributed by atoms with van der Waals surface area (Å²) >= 11 is 0. The first-order valence-electron chi connectivity index (χ1n) is 7.81. The molecular weight excluding hydrogens is 298 g/mol. The maximum Gasteiger partial charge on any atom is 0.234 e. The van der Waals surface area contributed by atoms with Crippen molar-refractivity contribution >= 4 is 22.6 Å². The number of hydrogen-bond donors (Lipinski definition) is 3. The summed E-state index contributed by atoms with van der Waals surface area (Å²) in [6, 6.07) is 23.8. The highest BCUT2D eigenvalue weighted by atomic mass is 16.2. The van der Waals surface area contributed by atoms with Crippen LogP contribution >= 0.6 is 0 Å². The maximum atomic E-state index is 12.7. The summed E-state index contributed by atoms with van der Waals surface area (Å²) in [4.78, 5) is 12.7. The number of fused-ring (bicyclic) bond motifs is 1. The minimum Gasteiger partial charge on any atom is -0.370 e. The topological polar surface area (TPSA) is 79.0 Å². The average Bonchev–Trinajstić information content (AvgIpc) is 2.59. The SMILES string of the molecule is N=C(N)NC(=O)C(Cc1ccccc1)c1cccc2ccccc12. The zero-order valence-electron chi connectivity index (χ0n) is 13.2. The Morgan fingerprint density at radius 1 is 0.958 bits per heavy atom. The van der Waals surface area contributed by atoms with Gasteiger partial charge in [-0.25, -0.2) is 0 Å². The summed E-state index contributed by atoms with van der Waals surface area (Å²) in [6.07, 6.45) is 0.550. The van der Waals surface area contributed by atoms with Gasteiger partial charge in [-0.15, -0.1) is 0 Å². The first-order chi connectivity index (χ1) is 11.6. The molecule has 0 aliphatic rings. The molecule has 0 bridgehead atoms. The molecule has 3 aromatic carbocycles. The van der Waals surface area contributed by atoms with Crippen molar-refractivity contribution in [3.05, 3.63) is 83.9 Å². The van der Waals surface area contributed by atoms with Crippen molar-refractivity contribution < 1.29 is 4.79 Å². The zero-order valence-corrected chi connectivity index (χ0v) is 13.2. The van der Waals surface area contributed by atoms with Gasteiger partial charge in [-0.3, -0.25) is 15.5 Å². The lowest BCUT2D eigenvalue weighted by atomic mass is 9.88. The van der Waals surface area contributed by atoms with Crippen LogP contribution < -0.4 is 11.1 Å². The van der Waals surface area contributed by atoms with E-state index in [-0.39, 0.29) is 11.9 Å². The Labute approximate surface area is 140 Å². The van der Waals surface area contributed by atoms with Crippen LogP contribution in [0.4, 0.5) is 0 Å². The second kappa shape index (κ2) is 6.96. The molecule has 24 heavy (non-hydrogen) atoms. The van der Waals surface area contributed by atoms with E-state index in [0.29, 0.717) is 6.42 Å². The Hall–Kier alpha value is -3.14. The number of amides is 1. The third-order valence-electron chi connectivity index (χ3n) is 4.06. The molecule has 0 aromatic heterocycles. The smallest absolute Gasteiger partial charge is 0.234 e. The number of nitrogens with two attached hydrogens (primary N) is 1. The van der Waals surface area contributed by atoms with Gasteiger partial charge in [0.15, 0.2) is 5.96 Å². The number of rotatable bonds is 4. The number of guanidine groups is 1. The minimum atomic E-state index is -0.414. The average molecular weight is 317 g/mol. The van der Waals surface area contributed by atoms with E-state index in [1.807, 2.05) is 72.8 Å². The summed E-state index contributed by atoms with van der Waals surface area (Å²) < 4.78 is 0. The van der Waals surface area contributed by atoms with Crippen molar-refractivity contribution in [3.8, 4) is 0 Å². The molecule has 0 aliphatic carbocycles. The van der Waals surface area contributed by atoms with E-state index < -0.39 is 5.92 Å². The van der Waals surface area contributed by atoms with E-state index in [4.69, 9.17) is 11.1 Å². The van der Waals surface area contributed by atoms with Crippen LogP contribution in [0, 0.1) is 5.41 Å². The largest absolute Gasteiger partial charge is 0.370 e. The lowest BCUT2D eigenvalue weighted by molar-refractivity contribution is -0.121. The van der Waals surface area contributed by atoms with E-state index in [2.05, 4.69) is 5.32 Å². The van der Waals surface area contributed by atoms with Gasteiger partial charge >= 0.3 is 0 Å². The predicted octanol–water partition coefficient (Wildman–Crippen LogP) is 3.18. The second-order valence-electron chi connectivity index (χ2n) is 5.71. The van der Waals surface area contributed by atoms with Crippen LogP contribution in [-0.2, 0) is 11.2 Å². The molecular formula is C20H19N3O. The molecule has 0 aliphatic heterocycles. The molecule has 120 valence electrons. The van der Waals surface area contributed by atoms with Crippen LogP contribution in [0.15, 0.2) is 72.8 Å². The van der Waals surface area contributed by atoms with Gasteiger partial charge in [-0.05, 0) is 28.3 Å². The fraction of sp³-hybridized carbons (Fsp3) is 0.100. The number of hydrogen-bond acceptors (Lipinski definition) is 2. The Morgan fingerprint density at radius 3 is 2.38 bits per heavy atom. The quantitative estimate of drug-likeness (QED) is 0.510. The molecule has 4 N–H and O–H groups in total. The fourth-order valence-corrected chi connectivity index (χ4v) is 2.97. The van der Waals surface area contributed by atoms with E-state index in [1.54, 1.807) is 0 Å². The highest BCUT2D eigenvalue weighted by Crippen LogP contribution is 2.28. The molecule has 4 nitrogen and oxygen atoms in total. The standard InChI is InChI=1S/C20H19N3O/c21-20(22)23-19(24)18(13-14-7-2-1-3-8-14)17-12-6-10-15-9-4-5-11-16(15)17/h1-12,18H,13H2,(H4,21,22,23,24). The van der Waals surface area contributed by atoms with Crippen LogP contribution in [0.2, 0.25) is 0 Å². The molecule has 1 amide bonds. The van der Waals surface area contributed by atoms with Crippen molar-refractivity contribution in [1.29, 1.82) is 5.41 Å². The van der Waals surface area contributed by atoms with Crippen molar-refractivity contribution in [1.82, 2.24) is 5.32 Å². The number of nitrogens with one attached hydrogen (secondary N) is 2. The molecule has 0 fully saturated rings. The van der Waals surface area contributed by atoms with Crippen molar-refractivity contribution in [2.45, 2.75) is 12.3 Å².